The fourth-order valence-electron chi connectivity index (χ4n) is 1.16. The Kier molecular flexibility index (Phi) is 3.84. The molecule has 0 aliphatic heterocycles. The smallest absolute Gasteiger partial charge is 0.0472 e. The van der Waals surface area contributed by atoms with Crippen molar-refractivity contribution < 1.29 is 10.2 Å². The van der Waals surface area contributed by atoms with Crippen LogP contribution in [0.4, 0.5) is 0 Å². The summed E-state index contributed by atoms with van der Waals surface area (Å²) in [5, 5.41) is 17.2. The maximum Gasteiger partial charge on any atom is 0.0472 e. The Morgan fingerprint density at radius 1 is 1.25 bits per heavy atom. The number of aliphatic hydroxyl groups is 2. The fraction of sp³-hybridized carbons (Fsp3) is 0.556. The van der Waals surface area contributed by atoms with Crippen molar-refractivity contribution in [3.63, 3.8) is 0 Å². The summed E-state index contributed by atoms with van der Waals surface area (Å²) in [6.45, 7) is 1.28. The lowest BCUT2D eigenvalue weighted by atomic mass is 10.3. The minimum Gasteiger partial charge on any atom is -0.396 e. The molecule has 0 aromatic carbocycles. The summed E-state index contributed by atoms with van der Waals surface area (Å²) in [6.07, 6.45) is 5.48. The van der Waals surface area contributed by atoms with E-state index in [0.717, 1.165) is 18.5 Å². The molecule has 3 heteroatoms. The van der Waals surface area contributed by atoms with Gasteiger partial charge in [0.25, 0.3) is 0 Å². The van der Waals surface area contributed by atoms with Gasteiger partial charge in [0.2, 0.25) is 0 Å². The van der Waals surface area contributed by atoms with Crippen LogP contribution in [0.1, 0.15) is 12.0 Å². The SMILES string of the molecule is OCCCn1ccc(CCO)c1. The molecular weight excluding hydrogens is 154 g/mol. The van der Waals surface area contributed by atoms with Crippen molar-refractivity contribution in [3.8, 4) is 0 Å². The monoisotopic (exact) mass is 169 g/mol. The molecule has 12 heavy (non-hydrogen) atoms. The van der Waals surface area contributed by atoms with E-state index >= 15 is 0 Å². The molecule has 1 aromatic heterocycles. The Bertz CT molecular complexity index is 220. The van der Waals surface area contributed by atoms with E-state index in [9.17, 15) is 0 Å². The van der Waals surface area contributed by atoms with Crippen LogP contribution in [-0.4, -0.2) is 28.0 Å². The van der Waals surface area contributed by atoms with Crippen molar-refractivity contribution in [3.05, 3.63) is 24.0 Å². The predicted molar refractivity (Wildman–Crippen MR) is 46.9 cm³/mol. The highest BCUT2D eigenvalue weighted by atomic mass is 16.3. The van der Waals surface area contributed by atoms with Gasteiger partial charge < -0.3 is 14.8 Å². The highest BCUT2D eigenvalue weighted by Gasteiger charge is 1.95. The molecule has 0 spiro atoms. The van der Waals surface area contributed by atoms with Crippen LogP contribution < -0.4 is 0 Å². The Labute approximate surface area is 72.3 Å². The lowest BCUT2D eigenvalue weighted by molar-refractivity contribution is 0.279. The molecule has 0 amide bonds. The van der Waals surface area contributed by atoms with Gasteiger partial charge in [-0.1, -0.05) is 0 Å². The van der Waals surface area contributed by atoms with Crippen LogP contribution in [-0.2, 0) is 13.0 Å². The maximum atomic E-state index is 8.66. The molecule has 0 fully saturated rings. The maximum absolute atomic E-state index is 8.66. The average Bonchev–Trinajstić information content (AvgIpc) is 2.50. The van der Waals surface area contributed by atoms with Crippen LogP contribution in [0.2, 0.25) is 0 Å². The number of hydrogen-bond donors (Lipinski definition) is 2. The quantitative estimate of drug-likeness (QED) is 0.670. The molecular formula is C9H15NO2. The summed E-state index contributed by atoms with van der Waals surface area (Å²) in [5.41, 5.74) is 1.15. The van der Waals surface area contributed by atoms with E-state index in [1.807, 2.05) is 23.0 Å². The van der Waals surface area contributed by atoms with Gasteiger partial charge in [-0.15, -0.1) is 0 Å². The summed E-state index contributed by atoms with van der Waals surface area (Å²) in [7, 11) is 0. The van der Waals surface area contributed by atoms with E-state index in [-0.39, 0.29) is 13.2 Å². The molecule has 68 valence electrons. The summed E-state index contributed by atoms with van der Waals surface area (Å²) in [6, 6.07) is 1.99. The number of aromatic nitrogens is 1. The van der Waals surface area contributed by atoms with E-state index in [2.05, 4.69) is 0 Å². The van der Waals surface area contributed by atoms with Gasteiger partial charge in [0.15, 0.2) is 0 Å². The van der Waals surface area contributed by atoms with E-state index in [1.54, 1.807) is 0 Å². The molecule has 0 radical (unpaired) electrons. The summed E-state index contributed by atoms with van der Waals surface area (Å²) in [4.78, 5) is 0. The third kappa shape index (κ3) is 2.68. The van der Waals surface area contributed by atoms with Crippen molar-refractivity contribution >= 4 is 0 Å². The molecule has 0 aliphatic rings. The van der Waals surface area contributed by atoms with Crippen LogP contribution in [0.5, 0.6) is 0 Å². The first kappa shape index (κ1) is 9.29. The van der Waals surface area contributed by atoms with E-state index in [0.29, 0.717) is 6.42 Å². The van der Waals surface area contributed by atoms with Crippen LogP contribution >= 0.6 is 0 Å². The molecule has 0 saturated heterocycles. The highest BCUT2D eigenvalue weighted by molar-refractivity contribution is 5.10. The minimum absolute atomic E-state index is 0.198. The van der Waals surface area contributed by atoms with Crippen molar-refractivity contribution in [2.45, 2.75) is 19.4 Å². The number of aliphatic hydroxyl groups excluding tert-OH is 2. The molecule has 0 saturated carbocycles. The van der Waals surface area contributed by atoms with Gasteiger partial charge in [0, 0.05) is 32.2 Å². The van der Waals surface area contributed by atoms with Gasteiger partial charge in [-0.2, -0.15) is 0 Å². The fourth-order valence-corrected chi connectivity index (χ4v) is 1.16. The molecule has 1 aromatic rings. The van der Waals surface area contributed by atoms with E-state index in [4.69, 9.17) is 10.2 Å². The Balaban J connectivity index is 2.41. The van der Waals surface area contributed by atoms with Gasteiger partial charge in [-0.25, -0.2) is 0 Å². The zero-order valence-electron chi connectivity index (χ0n) is 7.11. The molecule has 1 rings (SSSR count). The van der Waals surface area contributed by atoms with Crippen molar-refractivity contribution in [2.75, 3.05) is 13.2 Å². The van der Waals surface area contributed by atoms with Crippen LogP contribution in [0.3, 0.4) is 0 Å². The van der Waals surface area contributed by atoms with Crippen molar-refractivity contribution in [2.24, 2.45) is 0 Å². The topological polar surface area (TPSA) is 45.4 Å². The van der Waals surface area contributed by atoms with Crippen molar-refractivity contribution in [1.29, 1.82) is 0 Å². The number of rotatable bonds is 5. The third-order valence-electron chi connectivity index (χ3n) is 1.79. The molecule has 3 nitrogen and oxygen atoms in total. The van der Waals surface area contributed by atoms with Gasteiger partial charge in [-0.3, -0.25) is 0 Å². The van der Waals surface area contributed by atoms with Crippen molar-refractivity contribution in [1.82, 2.24) is 4.57 Å². The first-order valence-corrected chi connectivity index (χ1v) is 4.23. The number of hydrogen-bond acceptors (Lipinski definition) is 2. The Morgan fingerprint density at radius 3 is 2.75 bits per heavy atom. The van der Waals surface area contributed by atoms with Gasteiger partial charge >= 0.3 is 0 Å². The van der Waals surface area contributed by atoms with Crippen LogP contribution in [0.25, 0.3) is 0 Å². The van der Waals surface area contributed by atoms with Crippen LogP contribution in [0.15, 0.2) is 18.5 Å². The minimum atomic E-state index is 0.198. The van der Waals surface area contributed by atoms with Gasteiger partial charge in [0.1, 0.15) is 0 Å². The molecule has 0 atom stereocenters. The second-order valence-corrected chi connectivity index (χ2v) is 2.81. The van der Waals surface area contributed by atoms with Gasteiger partial charge in [-0.05, 0) is 24.5 Å². The number of aryl methyl sites for hydroxylation is 1. The molecule has 0 unspecified atom stereocenters. The summed E-state index contributed by atoms with van der Waals surface area (Å²) >= 11 is 0. The first-order valence-electron chi connectivity index (χ1n) is 4.23. The number of nitrogens with zero attached hydrogens (tertiary/aromatic N) is 1. The first-order chi connectivity index (χ1) is 5.86. The Hall–Kier alpha value is -0.800. The largest absolute Gasteiger partial charge is 0.396 e. The normalized spacial score (nSPS) is 10.5. The predicted octanol–water partition coefficient (Wildman–Crippen LogP) is 0.405. The molecule has 0 aliphatic carbocycles. The molecule has 0 bridgehead atoms. The molecule has 2 N–H and O–H groups in total. The summed E-state index contributed by atoms with van der Waals surface area (Å²) in [5.74, 6) is 0. The standard InChI is InChI=1S/C9H15NO2/c11-6-1-4-10-5-2-9(8-10)3-7-12/h2,5,8,11-12H,1,3-4,6-7H2. The highest BCUT2D eigenvalue weighted by Crippen LogP contribution is 2.02. The Morgan fingerprint density at radius 2 is 2.08 bits per heavy atom. The van der Waals surface area contributed by atoms with Crippen LogP contribution in [0, 0.1) is 0 Å². The average molecular weight is 169 g/mol. The zero-order valence-corrected chi connectivity index (χ0v) is 7.11. The summed E-state index contributed by atoms with van der Waals surface area (Å²) < 4.78 is 2.03. The third-order valence-corrected chi connectivity index (χ3v) is 1.79. The second-order valence-electron chi connectivity index (χ2n) is 2.81. The lowest BCUT2D eigenvalue weighted by Crippen LogP contribution is -1.96. The van der Waals surface area contributed by atoms with E-state index in [1.165, 1.54) is 0 Å². The second kappa shape index (κ2) is 4.95. The van der Waals surface area contributed by atoms with Gasteiger partial charge in [0.05, 0.1) is 0 Å². The zero-order chi connectivity index (χ0) is 8.81. The molecule has 1 heterocycles. The van der Waals surface area contributed by atoms with E-state index < -0.39 is 0 Å². The lowest BCUT2D eigenvalue weighted by Gasteiger charge is -1.98.